The minimum atomic E-state index is -0.309. The van der Waals surface area contributed by atoms with Gasteiger partial charge in [-0.2, -0.15) is 5.26 Å². The molecule has 1 aliphatic rings. The quantitative estimate of drug-likeness (QED) is 0.412. The van der Waals surface area contributed by atoms with E-state index in [0.29, 0.717) is 45.9 Å². The largest absolute Gasteiger partial charge is 0.454 e. The van der Waals surface area contributed by atoms with E-state index < -0.39 is 0 Å². The zero-order chi connectivity index (χ0) is 24.6. The number of ether oxygens (including phenoxy) is 2. The lowest BCUT2D eigenvalue weighted by Gasteiger charge is -2.12. The smallest absolute Gasteiger partial charge is 0.263 e. The summed E-state index contributed by atoms with van der Waals surface area (Å²) in [6.45, 7) is 0.717. The lowest BCUT2D eigenvalue weighted by Crippen LogP contribution is -2.25. The first-order valence-electron chi connectivity index (χ1n) is 11.1. The van der Waals surface area contributed by atoms with E-state index in [1.807, 2.05) is 12.1 Å². The number of amides is 1. The van der Waals surface area contributed by atoms with Crippen molar-refractivity contribution in [2.24, 2.45) is 0 Å². The molecule has 0 unspecified atom stereocenters. The molecule has 1 N–H and O–H groups in total. The average molecular weight is 478 g/mol. The number of rotatable bonds is 5. The van der Waals surface area contributed by atoms with Crippen molar-refractivity contribution in [3.8, 4) is 17.6 Å². The summed E-state index contributed by atoms with van der Waals surface area (Å²) < 4.78 is 13.9. The van der Waals surface area contributed by atoms with Crippen LogP contribution in [0.2, 0.25) is 0 Å². The van der Waals surface area contributed by atoms with Gasteiger partial charge in [-0.25, -0.2) is 0 Å². The Morgan fingerprint density at radius 1 is 1.03 bits per heavy atom. The number of nitriles is 1. The van der Waals surface area contributed by atoms with Crippen LogP contribution in [-0.4, -0.2) is 31.9 Å². The van der Waals surface area contributed by atoms with Crippen LogP contribution in [0.5, 0.6) is 11.5 Å². The Morgan fingerprint density at radius 2 is 1.83 bits per heavy atom. The molecule has 0 saturated carbocycles. The fourth-order valence-electron chi connectivity index (χ4n) is 4.22. The van der Waals surface area contributed by atoms with Gasteiger partial charge in [-0.05, 0) is 53.6 Å². The third-order valence-corrected chi connectivity index (χ3v) is 6.08. The van der Waals surface area contributed by atoms with E-state index in [-0.39, 0.29) is 24.8 Å². The molecule has 10 nitrogen and oxygen atoms in total. The highest BCUT2D eigenvalue weighted by Gasteiger charge is 2.17. The van der Waals surface area contributed by atoms with Crippen molar-refractivity contribution in [2.45, 2.75) is 13.1 Å². The number of fused-ring (bicyclic) bond motifs is 4. The number of aromatic nitrogens is 4. The predicted molar refractivity (Wildman–Crippen MR) is 129 cm³/mol. The number of nitrogens with one attached hydrogen (secondary N) is 1. The van der Waals surface area contributed by atoms with Crippen molar-refractivity contribution in [1.82, 2.24) is 24.5 Å². The van der Waals surface area contributed by atoms with E-state index in [4.69, 9.17) is 14.7 Å². The van der Waals surface area contributed by atoms with E-state index in [0.717, 1.165) is 11.1 Å². The zero-order valence-electron chi connectivity index (χ0n) is 18.8. The second-order valence-corrected chi connectivity index (χ2v) is 8.30. The number of hydrogen-bond donors (Lipinski definition) is 1. The molecule has 0 atom stereocenters. The topological polar surface area (TPSA) is 124 Å². The summed E-state index contributed by atoms with van der Waals surface area (Å²) >= 11 is 0. The van der Waals surface area contributed by atoms with Crippen LogP contribution >= 0.6 is 0 Å². The lowest BCUT2D eigenvalue weighted by atomic mass is 10.1. The first kappa shape index (κ1) is 21.4. The number of carbonyl (C=O) groups is 1. The van der Waals surface area contributed by atoms with Gasteiger partial charge in [0.15, 0.2) is 11.5 Å². The SMILES string of the molecule is N#Cc1ccc(Cn2c(=O)c3cc(C(=O)NCc4ccc5c(c4)OCO5)ccc3n3cnnc23)cc1. The summed E-state index contributed by atoms with van der Waals surface area (Å²) in [4.78, 5) is 26.4. The molecule has 0 radical (unpaired) electrons. The molecule has 5 aromatic rings. The van der Waals surface area contributed by atoms with Crippen molar-refractivity contribution in [1.29, 1.82) is 5.26 Å². The van der Waals surface area contributed by atoms with Gasteiger partial charge in [-0.15, -0.1) is 10.2 Å². The monoisotopic (exact) mass is 478 g/mol. The fourth-order valence-corrected chi connectivity index (χ4v) is 4.22. The molecule has 3 aromatic carbocycles. The van der Waals surface area contributed by atoms with E-state index in [9.17, 15) is 9.59 Å². The van der Waals surface area contributed by atoms with Crippen molar-refractivity contribution < 1.29 is 14.3 Å². The molecular weight excluding hydrogens is 460 g/mol. The van der Waals surface area contributed by atoms with Gasteiger partial charge in [0.2, 0.25) is 12.6 Å². The summed E-state index contributed by atoms with van der Waals surface area (Å²) in [6, 6.07) is 19.5. The van der Waals surface area contributed by atoms with E-state index >= 15 is 0 Å². The molecule has 2 aromatic heterocycles. The van der Waals surface area contributed by atoms with Crippen LogP contribution in [0.25, 0.3) is 16.7 Å². The molecular formula is C26H18N6O4. The summed E-state index contributed by atoms with van der Waals surface area (Å²) in [5.74, 6) is 1.40. The van der Waals surface area contributed by atoms with E-state index in [1.54, 1.807) is 52.9 Å². The maximum atomic E-state index is 13.5. The summed E-state index contributed by atoms with van der Waals surface area (Å²) in [5.41, 5.74) is 2.90. The molecule has 1 amide bonds. The lowest BCUT2D eigenvalue weighted by molar-refractivity contribution is 0.0951. The molecule has 0 fully saturated rings. The highest BCUT2D eigenvalue weighted by molar-refractivity contribution is 5.98. The molecule has 6 rings (SSSR count). The second kappa shape index (κ2) is 8.56. The van der Waals surface area contributed by atoms with Crippen molar-refractivity contribution in [3.05, 3.63) is 99.6 Å². The van der Waals surface area contributed by atoms with Gasteiger partial charge in [0.1, 0.15) is 6.33 Å². The van der Waals surface area contributed by atoms with Crippen LogP contribution in [0.15, 0.2) is 71.8 Å². The van der Waals surface area contributed by atoms with Gasteiger partial charge >= 0.3 is 0 Å². The minimum Gasteiger partial charge on any atom is -0.454 e. The minimum absolute atomic E-state index is 0.185. The number of carbonyl (C=O) groups excluding carboxylic acids is 1. The molecule has 36 heavy (non-hydrogen) atoms. The molecule has 3 heterocycles. The number of benzene rings is 3. The summed E-state index contributed by atoms with van der Waals surface area (Å²) in [6.07, 6.45) is 1.53. The molecule has 1 aliphatic heterocycles. The first-order chi connectivity index (χ1) is 17.6. The van der Waals surface area contributed by atoms with Gasteiger partial charge in [0, 0.05) is 12.1 Å². The van der Waals surface area contributed by atoms with Gasteiger partial charge < -0.3 is 14.8 Å². The van der Waals surface area contributed by atoms with Crippen LogP contribution in [-0.2, 0) is 13.1 Å². The normalized spacial score (nSPS) is 12.1. The van der Waals surface area contributed by atoms with Crippen LogP contribution in [0.1, 0.15) is 27.0 Å². The molecule has 0 saturated heterocycles. The molecule has 176 valence electrons. The van der Waals surface area contributed by atoms with Crippen molar-refractivity contribution in [2.75, 3.05) is 6.79 Å². The second-order valence-electron chi connectivity index (χ2n) is 8.30. The van der Waals surface area contributed by atoms with Gasteiger partial charge in [-0.3, -0.25) is 18.6 Å². The number of hydrogen-bond acceptors (Lipinski definition) is 7. The zero-order valence-corrected chi connectivity index (χ0v) is 18.8. The van der Waals surface area contributed by atoms with E-state index in [2.05, 4.69) is 21.6 Å². The van der Waals surface area contributed by atoms with Crippen molar-refractivity contribution >= 4 is 22.6 Å². The van der Waals surface area contributed by atoms with Crippen LogP contribution < -0.4 is 20.3 Å². The Morgan fingerprint density at radius 3 is 2.67 bits per heavy atom. The van der Waals surface area contributed by atoms with Crippen LogP contribution in [0.4, 0.5) is 0 Å². The molecule has 0 spiro atoms. The highest BCUT2D eigenvalue weighted by Crippen LogP contribution is 2.32. The Hall–Kier alpha value is -5.17. The summed E-state index contributed by atoms with van der Waals surface area (Å²) in [5, 5.41) is 20.4. The fraction of sp³-hybridized carbons (Fsp3) is 0.115. The Kier molecular flexibility index (Phi) is 5.08. The van der Waals surface area contributed by atoms with Gasteiger partial charge in [0.05, 0.1) is 29.1 Å². The van der Waals surface area contributed by atoms with Crippen LogP contribution in [0, 0.1) is 11.3 Å². The maximum absolute atomic E-state index is 13.5. The number of nitrogens with zero attached hydrogens (tertiary/aromatic N) is 5. The standard InChI is InChI=1S/C26H18N6O4/c27-11-16-1-3-17(4-2-16)13-31-25(34)20-10-19(6-7-21(20)32-14-29-30-26(31)32)24(33)28-12-18-5-8-22-23(9-18)36-15-35-22/h1-10,14H,12-13,15H2,(H,28,33). The molecule has 0 bridgehead atoms. The maximum Gasteiger partial charge on any atom is 0.263 e. The third-order valence-electron chi connectivity index (χ3n) is 6.08. The first-order valence-corrected chi connectivity index (χ1v) is 11.1. The summed E-state index contributed by atoms with van der Waals surface area (Å²) in [7, 11) is 0. The van der Waals surface area contributed by atoms with E-state index in [1.165, 1.54) is 10.9 Å². The van der Waals surface area contributed by atoms with Gasteiger partial charge in [0.25, 0.3) is 11.5 Å². The molecule has 0 aliphatic carbocycles. The Balaban J connectivity index is 1.32. The highest BCUT2D eigenvalue weighted by atomic mass is 16.7. The van der Waals surface area contributed by atoms with Crippen molar-refractivity contribution in [3.63, 3.8) is 0 Å². The molecule has 10 heteroatoms. The predicted octanol–water partition coefficient (Wildman–Crippen LogP) is 2.62. The Bertz CT molecular complexity index is 1750. The average Bonchev–Trinajstić information content (AvgIpc) is 3.59. The third kappa shape index (κ3) is 3.69. The van der Waals surface area contributed by atoms with Gasteiger partial charge in [-0.1, -0.05) is 18.2 Å². The van der Waals surface area contributed by atoms with Crippen LogP contribution in [0.3, 0.4) is 0 Å². The Labute approximate surface area is 203 Å².